The summed E-state index contributed by atoms with van der Waals surface area (Å²) < 4.78 is 41.4. The molecule has 1 N–H and O–H groups in total. The van der Waals surface area contributed by atoms with Gasteiger partial charge in [0, 0.05) is 62.4 Å². The third kappa shape index (κ3) is 7.70. The minimum Gasteiger partial charge on any atom is -0.490 e. The highest BCUT2D eigenvalue weighted by atomic mass is 35.5. The molecule has 2 bridgehead atoms. The Labute approximate surface area is 314 Å². The van der Waals surface area contributed by atoms with Crippen molar-refractivity contribution >= 4 is 39.1 Å². The van der Waals surface area contributed by atoms with Crippen LogP contribution in [0, 0.1) is 23.7 Å². The molecule has 2 aliphatic carbocycles. The molecule has 3 heterocycles. The van der Waals surface area contributed by atoms with Crippen LogP contribution in [0.1, 0.15) is 80.3 Å². The predicted molar refractivity (Wildman–Crippen MR) is 204 cm³/mol. The monoisotopic (exact) mass is 754 g/mol. The Morgan fingerprint density at radius 2 is 1.88 bits per heavy atom. The predicted octanol–water partition coefficient (Wildman–Crippen LogP) is 5.51. The second-order valence-electron chi connectivity index (χ2n) is 16.2. The lowest BCUT2D eigenvalue weighted by molar-refractivity contribution is -0.137. The summed E-state index contributed by atoms with van der Waals surface area (Å²) in [5, 5.41) is 0.0202. The van der Waals surface area contributed by atoms with Crippen molar-refractivity contribution in [3.63, 3.8) is 0 Å². The molecule has 7 rings (SSSR count). The van der Waals surface area contributed by atoms with Crippen LogP contribution in [0.5, 0.6) is 5.75 Å². The number of ether oxygens (including phenoxy) is 2. The van der Waals surface area contributed by atoms with Crippen LogP contribution in [0.2, 0.25) is 5.02 Å². The van der Waals surface area contributed by atoms with Gasteiger partial charge in [0.05, 0.1) is 30.7 Å². The van der Waals surface area contributed by atoms with E-state index < -0.39 is 21.2 Å². The second-order valence-corrected chi connectivity index (χ2v) is 18.7. The fourth-order valence-electron chi connectivity index (χ4n) is 9.63. The van der Waals surface area contributed by atoms with Crippen molar-refractivity contribution in [2.45, 2.75) is 75.9 Å². The minimum absolute atomic E-state index is 0.123. The summed E-state index contributed by atoms with van der Waals surface area (Å²) in [6.07, 6.45) is 7.90. The molecule has 5 aliphatic rings. The fraction of sp³-hybridized carbons (Fsp3) is 0.650. The zero-order valence-corrected chi connectivity index (χ0v) is 32.5. The zero-order valence-electron chi connectivity index (χ0n) is 30.9. The molecule has 10 nitrogen and oxygen atoms in total. The number of sulfonamides is 1. The average Bonchev–Trinajstić information content (AvgIpc) is 3.25. The molecule has 3 aliphatic heterocycles. The van der Waals surface area contributed by atoms with Crippen LogP contribution < -0.4 is 14.4 Å². The van der Waals surface area contributed by atoms with Gasteiger partial charge in [0.1, 0.15) is 5.75 Å². The molecule has 0 unspecified atom stereocenters. The first-order valence-electron chi connectivity index (χ1n) is 19.3. The first-order valence-corrected chi connectivity index (χ1v) is 21.2. The molecule has 0 radical (unpaired) electrons. The number of rotatable bonds is 5. The Bertz CT molecular complexity index is 1760. The lowest BCUT2D eigenvalue weighted by Gasteiger charge is -2.48. The number of hydrogen-bond acceptors (Lipinski definition) is 8. The highest BCUT2D eigenvalue weighted by Gasteiger charge is 2.45. The number of halogens is 1. The number of nitrogens with one attached hydrogen (secondary N) is 1. The first-order chi connectivity index (χ1) is 25.0. The van der Waals surface area contributed by atoms with E-state index in [0.717, 1.165) is 94.0 Å². The standard InChI is InChI=1S/C40H55ClN4O6S/c1-27-6-4-7-31(22-43-16-17-44(18-19-50-3)38(46)24-43)34-12-9-32(34)23-45-25-40(15-5-8-29-20-33(41)11-13-35(29)40)26-51-37-14-10-30(21-36(37)45)39(47)42-52(48,49)28(27)2/h10-11,13-14,20-21,27-28,31-32,34H,4-9,12,15-19,22-26H2,1-3H3,(H,42,47)/t27-,28+,31-,32-,34-,40-/m0/s1. The highest BCUT2D eigenvalue weighted by molar-refractivity contribution is 7.90. The van der Waals surface area contributed by atoms with Crippen LogP contribution in [0.4, 0.5) is 5.69 Å². The van der Waals surface area contributed by atoms with Gasteiger partial charge < -0.3 is 19.3 Å². The molecular weight excluding hydrogens is 700 g/mol. The summed E-state index contributed by atoms with van der Waals surface area (Å²) in [6.45, 7) is 9.77. The van der Waals surface area contributed by atoms with Crippen molar-refractivity contribution in [1.82, 2.24) is 14.5 Å². The van der Waals surface area contributed by atoms with Crippen LogP contribution >= 0.6 is 11.6 Å². The van der Waals surface area contributed by atoms with E-state index in [1.54, 1.807) is 20.1 Å². The maximum Gasteiger partial charge on any atom is 0.264 e. The number of amides is 2. The molecule has 6 atom stereocenters. The van der Waals surface area contributed by atoms with E-state index in [0.29, 0.717) is 56.2 Å². The van der Waals surface area contributed by atoms with E-state index in [1.807, 2.05) is 30.0 Å². The van der Waals surface area contributed by atoms with Gasteiger partial charge in [-0.1, -0.05) is 31.0 Å². The molecule has 12 heteroatoms. The van der Waals surface area contributed by atoms with Crippen molar-refractivity contribution in [1.29, 1.82) is 0 Å². The normalized spacial score (nSPS) is 31.1. The molecular formula is C40H55ClN4O6S. The van der Waals surface area contributed by atoms with Crippen molar-refractivity contribution in [2.24, 2.45) is 23.7 Å². The van der Waals surface area contributed by atoms with Gasteiger partial charge in [-0.15, -0.1) is 0 Å². The Morgan fingerprint density at radius 3 is 2.65 bits per heavy atom. The van der Waals surface area contributed by atoms with E-state index >= 15 is 0 Å². The lowest BCUT2D eigenvalue weighted by atomic mass is 9.65. The zero-order chi connectivity index (χ0) is 36.6. The van der Waals surface area contributed by atoms with Gasteiger partial charge in [-0.2, -0.15) is 0 Å². The minimum atomic E-state index is -3.91. The Morgan fingerprint density at radius 1 is 1.04 bits per heavy atom. The summed E-state index contributed by atoms with van der Waals surface area (Å²) in [5.74, 6) is 1.47. The van der Waals surface area contributed by atoms with Crippen LogP contribution in [0.25, 0.3) is 0 Å². The molecule has 284 valence electrons. The maximum absolute atomic E-state index is 13.6. The van der Waals surface area contributed by atoms with Crippen LogP contribution in [0.15, 0.2) is 36.4 Å². The molecule has 2 amide bonds. The largest absolute Gasteiger partial charge is 0.490 e. The topological polar surface area (TPSA) is 108 Å². The fourth-order valence-corrected chi connectivity index (χ4v) is 11.1. The van der Waals surface area contributed by atoms with E-state index in [2.05, 4.69) is 26.7 Å². The number of anilines is 1. The first kappa shape index (κ1) is 37.5. The molecule has 2 fully saturated rings. The number of carbonyl (C=O) groups excluding carboxylic acids is 2. The summed E-state index contributed by atoms with van der Waals surface area (Å²) >= 11 is 6.48. The van der Waals surface area contributed by atoms with Crippen molar-refractivity contribution in [3.05, 3.63) is 58.1 Å². The van der Waals surface area contributed by atoms with Gasteiger partial charge in [-0.3, -0.25) is 14.5 Å². The van der Waals surface area contributed by atoms with Crippen molar-refractivity contribution < 1.29 is 27.5 Å². The third-order valence-corrected chi connectivity index (χ3v) is 15.2. The number of nitrogens with zero attached hydrogens (tertiary/aromatic N) is 3. The quantitative estimate of drug-likeness (QED) is 0.426. The number of piperazine rings is 1. The van der Waals surface area contributed by atoms with Gasteiger partial charge in [0.25, 0.3) is 5.91 Å². The Hall–Kier alpha value is -2.86. The van der Waals surface area contributed by atoms with E-state index in [-0.39, 0.29) is 17.2 Å². The Kier molecular flexibility index (Phi) is 11.1. The van der Waals surface area contributed by atoms with Gasteiger partial charge in [-0.05, 0) is 117 Å². The van der Waals surface area contributed by atoms with E-state index in [1.165, 1.54) is 11.1 Å². The van der Waals surface area contributed by atoms with Crippen molar-refractivity contribution in [2.75, 3.05) is 71.0 Å². The van der Waals surface area contributed by atoms with Gasteiger partial charge in [0.2, 0.25) is 15.9 Å². The second kappa shape index (κ2) is 15.5. The van der Waals surface area contributed by atoms with E-state index in [9.17, 15) is 18.0 Å². The SMILES string of the molecule is COCCN1CCN(C[C@@H]2CCC[C@H](C)[C@@H](C)S(=O)(=O)NC(=O)c3ccc4c(c3)N(C[C@@H]3CC[C@@H]23)C[C@@]2(CCCc3cc(Cl)ccc32)CO4)CC1=O. The Balaban J connectivity index is 1.22. The van der Waals surface area contributed by atoms with Gasteiger partial charge in [0.15, 0.2) is 0 Å². The van der Waals surface area contributed by atoms with Crippen LogP contribution in [-0.2, 0) is 31.4 Å². The van der Waals surface area contributed by atoms with Gasteiger partial charge >= 0.3 is 0 Å². The van der Waals surface area contributed by atoms with Crippen molar-refractivity contribution in [3.8, 4) is 5.75 Å². The number of benzene rings is 2. The lowest BCUT2D eigenvalue weighted by Crippen LogP contribution is -2.53. The highest BCUT2D eigenvalue weighted by Crippen LogP contribution is 2.48. The smallest absolute Gasteiger partial charge is 0.264 e. The molecule has 52 heavy (non-hydrogen) atoms. The van der Waals surface area contributed by atoms with E-state index in [4.69, 9.17) is 21.1 Å². The third-order valence-electron chi connectivity index (χ3n) is 13.1. The van der Waals surface area contributed by atoms with Gasteiger partial charge in [-0.25, -0.2) is 13.1 Å². The molecule has 1 saturated heterocycles. The molecule has 1 spiro atoms. The average molecular weight is 755 g/mol. The maximum atomic E-state index is 13.6. The number of hydrogen-bond donors (Lipinski definition) is 1. The molecule has 2 aromatic carbocycles. The molecule has 2 aromatic rings. The summed E-state index contributed by atoms with van der Waals surface area (Å²) in [5.41, 5.74) is 3.46. The number of methoxy groups -OCH3 is 1. The summed E-state index contributed by atoms with van der Waals surface area (Å²) in [4.78, 5) is 33.4. The molecule has 1 saturated carbocycles. The van der Waals surface area contributed by atoms with Crippen LogP contribution in [0.3, 0.4) is 0 Å². The summed E-state index contributed by atoms with van der Waals surface area (Å²) in [6, 6.07) is 11.6. The molecule has 0 aromatic heterocycles. The summed E-state index contributed by atoms with van der Waals surface area (Å²) in [7, 11) is -2.25. The van der Waals surface area contributed by atoms with Crippen LogP contribution in [-0.4, -0.2) is 101 Å². The number of aryl methyl sites for hydroxylation is 1. The number of carbonyl (C=O) groups is 2. The number of fused-ring (bicyclic) bond motifs is 4.